The van der Waals surface area contributed by atoms with Crippen LogP contribution < -0.4 is 14.8 Å². The van der Waals surface area contributed by atoms with E-state index in [0.717, 1.165) is 11.1 Å². The van der Waals surface area contributed by atoms with Gasteiger partial charge in [-0.05, 0) is 53.9 Å². The van der Waals surface area contributed by atoms with E-state index in [1.165, 1.54) is 24.1 Å². The average molecular weight is 466 g/mol. The fourth-order valence-corrected chi connectivity index (χ4v) is 3.48. The van der Waals surface area contributed by atoms with Gasteiger partial charge >= 0.3 is 0 Å². The van der Waals surface area contributed by atoms with Crippen molar-refractivity contribution in [3.63, 3.8) is 0 Å². The van der Waals surface area contributed by atoms with E-state index in [2.05, 4.69) is 10.3 Å². The van der Waals surface area contributed by atoms with E-state index >= 15 is 0 Å². The normalized spacial score (nSPS) is 11.4. The van der Waals surface area contributed by atoms with E-state index in [9.17, 15) is 14.0 Å². The van der Waals surface area contributed by atoms with Crippen LogP contribution in [0.25, 0.3) is 0 Å². The number of amides is 2. The van der Waals surface area contributed by atoms with E-state index in [1.54, 1.807) is 62.8 Å². The zero-order valence-corrected chi connectivity index (χ0v) is 19.5. The number of rotatable bonds is 10. The Kier molecular flexibility index (Phi) is 8.56. The smallest absolute Gasteiger partial charge is 0.242 e. The Labute approximate surface area is 198 Å². The van der Waals surface area contributed by atoms with E-state index in [4.69, 9.17) is 9.47 Å². The molecule has 2 aromatic carbocycles. The number of aromatic nitrogens is 1. The van der Waals surface area contributed by atoms with Crippen molar-refractivity contribution in [2.75, 3.05) is 14.2 Å². The molecule has 1 N–H and O–H groups in total. The Bertz CT molecular complexity index is 1110. The van der Waals surface area contributed by atoms with Gasteiger partial charge in [0.2, 0.25) is 11.8 Å². The van der Waals surface area contributed by atoms with Gasteiger partial charge in [-0.2, -0.15) is 0 Å². The van der Waals surface area contributed by atoms with Gasteiger partial charge in [-0.15, -0.1) is 0 Å². The lowest BCUT2D eigenvalue weighted by molar-refractivity contribution is -0.140. The zero-order valence-electron chi connectivity index (χ0n) is 19.5. The van der Waals surface area contributed by atoms with Crippen LogP contribution in [0.4, 0.5) is 4.39 Å². The highest BCUT2D eigenvalue weighted by molar-refractivity contribution is 5.88. The molecule has 0 aliphatic rings. The molecule has 0 radical (unpaired) electrons. The minimum atomic E-state index is -0.755. The first kappa shape index (κ1) is 24.7. The van der Waals surface area contributed by atoms with Crippen LogP contribution in [0.1, 0.15) is 23.6 Å². The Morgan fingerprint density at radius 2 is 1.71 bits per heavy atom. The molecule has 178 valence electrons. The number of methoxy groups -OCH3 is 2. The number of nitrogens with one attached hydrogen (secondary N) is 1. The predicted molar refractivity (Wildman–Crippen MR) is 126 cm³/mol. The number of ether oxygens (including phenoxy) is 2. The molecule has 8 heteroatoms. The van der Waals surface area contributed by atoms with Crippen molar-refractivity contribution in [3.8, 4) is 11.5 Å². The molecule has 0 unspecified atom stereocenters. The topological polar surface area (TPSA) is 80.8 Å². The number of carbonyl (C=O) groups is 2. The average Bonchev–Trinajstić information content (AvgIpc) is 2.86. The molecule has 1 atom stereocenters. The molecule has 1 heterocycles. The summed E-state index contributed by atoms with van der Waals surface area (Å²) in [7, 11) is 3.07. The number of carbonyl (C=O) groups excluding carboxylic acids is 2. The molecule has 1 aromatic heterocycles. The molecule has 0 aliphatic heterocycles. The van der Waals surface area contributed by atoms with E-state index in [0.29, 0.717) is 23.6 Å². The van der Waals surface area contributed by atoms with Gasteiger partial charge in [0, 0.05) is 25.5 Å². The van der Waals surface area contributed by atoms with Gasteiger partial charge in [-0.25, -0.2) is 4.39 Å². The van der Waals surface area contributed by atoms with Crippen molar-refractivity contribution >= 4 is 11.8 Å². The summed E-state index contributed by atoms with van der Waals surface area (Å²) in [5, 5.41) is 2.86. The fourth-order valence-electron chi connectivity index (χ4n) is 3.48. The second-order valence-electron chi connectivity index (χ2n) is 7.77. The lowest BCUT2D eigenvalue weighted by Gasteiger charge is -2.29. The minimum Gasteiger partial charge on any atom is -0.493 e. The van der Waals surface area contributed by atoms with Crippen molar-refractivity contribution < 1.29 is 23.5 Å². The number of pyridine rings is 1. The van der Waals surface area contributed by atoms with Crippen molar-refractivity contribution in [3.05, 3.63) is 89.5 Å². The molecule has 0 bridgehead atoms. The Morgan fingerprint density at radius 1 is 1.00 bits per heavy atom. The maximum Gasteiger partial charge on any atom is 0.242 e. The van der Waals surface area contributed by atoms with Crippen LogP contribution in [0, 0.1) is 5.82 Å². The van der Waals surface area contributed by atoms with Crippen LogP contribution >= 0.6 is 0 Å². The standard InChI is InChI=1S/C26H28FN3O4/c1-18(26(32)29-16-21-5-4-12-28-15-21)30(17-19-6-9-22(27)10-7-19)25(31)14-20-8-11-23(33-2)24(13-20)34-3/h4-13,15,18H,14,16-17H2,1-3H3,(H,29,32)/t18-/m1/s1. The summed E-state index contributed by atoms with van der Waals surface area (Å²) in [5.41, 5.74) is 2.29. The van der Waals surface area contributed by atoms with Gasteiger partial charge in [0.05, 0.1) is 20.6 Å². The molecule has 0 saturated heterocycles. The van der Waals surface area contributed by atoms with Gasteiger partial charge in [-0.1, -0.05) is 24.3 Å². The minimum absolute atomic E-state index is 0.0573. The second kappa shape index (κ2) is 11.8. The summed E-state index contributed by atoms with van der Waals surface area (Å²) in [6, 6.07) is 14.0. The van der Waals surface area contributed by atoms with Gasteiger partial charge in [0.25, 0.3) is 0 Å². The molecule has 0 aliphatic carbocycles. The molecule has 0 fully saturated rings. The van der Waals surface area contributed by atoms with Gasteiger partial charge in [0.15, 0.2) is 11.5 Å². The monoisotopic (exact) mass is 465 g/mol. The summed E-state index contributed by atoms with van der Waals surface area (Å²) < 4.78 is 24.0. The number of hydrogen-bond donors (Lipinski definition) is 1. The lowest BCUT2D eigenvalue weighted by Crippen LogP contribution is -2.48. The third-order valence-corrected chi connectivity index (χ3v) is 5.43. The Balaban J connectivity index is 1.78. The maximum atomic E-state index is 13.4. The van der Waals surface area contributed by atoms with Crippen LogP contribution in [0.15, 0.2) is 67.0 Å². The third-order valence-electron chi connectivity index (χ3n) is 5.43. The molecule has 7 nitrogen and oxygen atoms in total. The number of hydrogen-bond acceptors (Lipinski definition) is 5. The third kappa shape index (κ3) is 6.54. The van der Waals surface area contributed by atoms with Crippen molar-refractivity contribution in [2.45, 2.75) is 32.5 Å². The summed E-state index contributed by atoms with van der Waals surface area (Å²) in [6.45, 7) is 2.13. The van der Waals surface area contributed by atoms with Crippen LogP contribution in [-0.2, 0) is 29.1 Å². The van der Waals surface area contributed by atoms with Crippen molar-refractivity contribution in [1.82, 2.24) is 15.2 Å². The second-order valence-corrected chi connectivity index (χ2v) is 7.77. The number of halogens is 1. The first-order chi connectivity index (χ1) is 16.4. The molecule has 0 saturated carbocycles. The number of nitrogens with zero attached hydrogens (tertiary/aromatic N) is 2. The molecule has 0 spiro atoms. The van der Waals surface area contributed by atoms with Crippen molar-refractivity contribution in [1.29, 1.82) is 0 Å². The molecule has 34 heavy (non-hydrogen) atoms. The summed E-state index contributed by atoms with van der Waals surface area (Å²) >= 11 is 0. The molecule has 3 aromatic rings. The molecular formula is C26H28FN3O4. The first-order valence-corrected chi connectivity index (χ1v) is 10.8. The van der Waals surface area contributed by atoms with Gasteiger partial charge < -0.3 is 19.7 Å². The summed E-state index contributed by atoms with van der Waals surface area (Å²) in [6.07, 6.45) is 3.39. The fraction of sp³-hybridized carbons (Fsp3) is 0.269. The van der Waals surface area contributed by atoms with E-state index in [1.807, 2.05) is 6.07 Å². The van der Waals surface area contributed by atoms with Crippen LogP contribution in [-0.4, -0.2) is 42.0 Å². The maximum absolute atomic E-state index is 13.4. The summed E-state index contributed by atoms with van der Waals surface area (Å²) in [5.74, 6) is 0.159. The zero-order chi connectivity index (χ0) is 24.5. The van der Waals surface area contributed by atoms with E-state index in [-0.39, 0.29) is 30.6 Å². The first-order valence-electron chi connectivity index (χ1n) is 10.8. The van der Waals surface area contributed by atoms with E-state index < -0.39 is 6.04 Å². The largest absolute Gasteiger partial charge is 0.493 e. The highest BCUT2D eigenvalue weighted by Gasteiger charge is 2.26. The van der Waals surface area contributed by atoms with Crippen LogP contribution in [0.5, 0.6) is 11.5 Å². The Morgan fingerprint density at radius 3 is 2.35 bits per heavy atom. The Hall–Kier alpha value is -3.94. The molecule has 2 amide bonds. The quantitative estimate of drug-likeness (QED) is 0.496. The van der Waals surface area contributed by atoms with Gasteiger partial charge in [-0.3, -0.25) is 14.6 Å². The van der Waals surface area contributed by atoms with Crippen molar-refractivity contribution in [2.24, 2.45) is 0 Å². The number of benzene rings is 2. The lowest BCUT2D eigenvalue weighted by atomic mass is 10.1. The highest BCUT2D eigenvalue weighted by atomic mass is 19.1. The van der Waals surface area contributed by atoms with Gasteiger partial charge in [0.1, 0.15) is 11.9 Å². The SMILES string of the molecule is COc1ccc(CC(=O)N(Cc2ccc(F)cc2)[C@H](C)C(=O)NCc2cccnc2)cc1OC. The van der Waals surface area contributed by atoms with Crippen LogP contribution in [0.2, 0.25) is 0 Å². The molecule has 3 rings (SSSR count). The molecular weight excluding hydrogens is 437 g/mol. The highest BCUT2D eigenvalue weighted by Crippen LogP contribution is 2.28. The summed E-state index contributed by atoms with van der Waals surface area (Å²) in [4.78, 5) is 31.8. The predicted octanol–water partition coefficient (Wildman–Crippen LogP) is 3.51. The van der Waals surface area contributed by atoms with Crippen LogP contribution in [0.3, 0.4) is 0 Å².